The summed E-state index contributed by atoms with van der Waals surface area (Å²) in [5.74, 6) is -0.344. The van der Waals surface area contributed by atoms with Crippen molar-refractivity contribution in [1.29, 1.82) is 10.7 Å². The van der Waals surface area contributed by atoms with Gasteiger partial charge < -0.3 is 5.73 Å². The van der Waals surface area contributed by atoms with Crippen molar-refractivity contribution in [3.8, 4) is 6.07 Å². The van der Waals surface area contributed by atoms with Crippen molar-refractivity contribution in [2.75, 3.05) is 5.43 Å². The standard InChI is InChI=1S/C11H12IN5/c1-2-7-5-8(12)3-4-9(7)16-17-10(6-13)11(14)15/h3-5,16H,2H2,1H3,(H3,14,15)/b17-10+. The van der Waals surface area contributed by atoms with Gasteiger partial charge in [-0.05, 0) is 52.8 Å². The molecule has 1 rings (SSSR count). The molecule has 17 heavy (non-hydrogen) atoms. The van der Waals surface area contributed by atoms with Crippen LogP contribution in [-0.2, 0) is 6.42 Å². The Morgan fingerprint density at radius 3 is 2.88 bits per heavy atom. The zero-order valence-corrected chi connectivity index (χ0v) is 11.4. The number of halogens is 1. The first kappa shape index (κ1) is 13.4. The summed E-state index contributed by atoms with van der Waals surface area (Å²) in [6.07, 6.45) is 0.858. The van der Waals surface area contributed by atoms with E-state index in [9.17, 15) is 0 Å². The molecule has 0 amide bonds. The van der Waals surface area contributed by atoms with E-state index < -0.39 is 0 Å². The van der Waals surface area contributed by atoms with Gasteiger partial charge in [0.2, 0.25) is 5.71 Å². The van der Waals surface area contributed by atoms with Gasteiger partial charge in [0.1, 0.15) is 6.07 Å². The van der Waals surface area contributed by atoms with Gasteiger partial charge in [0.05, 0.1) is 5.69 Å². The minimum absolute atomic E-state index is 0.120. The van der Waals surface area contributed by atoms with Crippen molar-refractivity contribution >= 4 is 39.8 Å². The van der Waals surface area contributed by atoms with E-state index in [0.29, 0.717) is 0 Å². The zero-order chi connectivity index (χ0) is 12.8. The molecule has 1 aromatic carbocycles. The molecule has 0 unspecified atom stereocenters. The molecule has 0 aromatic heterocycles. The molecule has 6 heteroatoms. The fraction of sp³-hybridized carbons (Fsp3) is 0.182. The second kappa shape index (κ2) is 6.20. The monoisotopic (exact) mass is 341 g/mol. The quantitative estimate of drug-likeness (QED) is 0.338. The minimum Gasteiger partial charge on any atom is -0.382 e. The lowest BCUT2D eigenvalue weighted by molar-refractivity contribution is 1.12. The van der Waals surface area contributed by atoms with E-state index in [1.807, 2.05) is 25.1 Å². The highest BCUT2D eigenvalue weighted by molar-refractivity contribution is 14.1. The highest BCUT2D eigenvalue weighted by atomic mass is 127. The highest BCUT2D eigenvalue weighted by Gasteiger charge is 2.03. The highest BCUT2D eigenvalue weighted by Crippen LogP contribution is 2.19. The van der Waals surface area contributed by atoms with Crippen molar-refractivity contribution in [3.05, 3.63) is 27.3 Å². The van der Waals surface area contributed by atoms with Crippen LogP contribution in [0.4, 0.5) is 5.69 Å². The van der Waals surface area contributed by atoms with Crippen LogP contribution in [0.25, 0.3) is 0 Å². The first-order chi connectivity index (χ1) is 8.08. The topological polar surface area (TPSA) is 98.0 Å². The molecule has 0 aliphatic carbocycles. The maximum absolute atomic E-state index is 8.70. The van der Waals surface area contributed by atoms with Gasteiger partial charge in [-0.25, -0.2) is 0 Å². The van der Waals surface area contributed by atoms with E-state index in [4.69, 9.17) is 16.4 Å². The maximum Gasteiger partial charge on any atom is 0.201 e. The lowest BCUT2D eigenvalue weighted by Gasteiger charge is -2.07. The number of hydrogen-bond acceptors (Lipinski definition) is 4. The number of nitrogens with one attached hydrogen (secondary N) is 2. The molecule has 0 fully saturated rings. The van der Waals surface area contributed by atoms with Gasteiger partial charge in [-0.15, -0.1) is 0 Å². The molecule has 0 heterocycles. The molecule has 5 nitrogen and oxygen atoms in total. The number of amidine groups is 1. The van der Waals surface area contributed by atoms with Crippen LogP contribution >= 0.6 is 22.6 Å². The van der Waals surface area contributed by atoms with Gasteiger partial charge in [0, 0.05) is 3.57 Å². The minimum atomic E-state index is -0.344. The summed E-state index contributed by atoms with van der Waals surface area (Å²) in [6.45, 7) is 2.04. The number of hydrogen-bond donors (Lipinski definition) is 3. The van der Waals surface area contributed by atoms with Gasteiger partial charge >= 0.3 is 0 Å². The second-order valence-electron chi connectivity index (χ2n) is 3.25. The van der Waals surface area contributed by atoms with E-state index in [1.54, 1.807) is 6.07 Å². The summed E-state index contributed by atoms with van der Waals surface area (Å²) in [5.41, 5.74) is 9.76. The third kappa shape index (κ3) is 3.71. The van der Waals surface area contributed by atoms with E-state index in [2.05, 4.69) is 33.1 Å². The number of hydrazone groups is 1. The molecular formula is C11H12IN5. The van der Waals surface area contributed by atoms with E-state index in [1.165, 1.54) is 0 Å². The molecule has 0 aliphatic heterocycles. The molecule has 0 spiro atoms. The van der Waals surface area contributed by atoms with E-state index in [-0.39, 0.29) is 11.5 Å². The largest absolute Gasteiger partial charge is 0.382 e. The Balaban J connectivity index is 2.97. The molecule has 0 atom stereocenters. The first-order valence-electron chi connectivity index (χ1n) is 4.95. The van der Waals surface area contributed by atoms with Crippen molar-refractivity contribution in [3.63, 3.8) is 0 Å². The van der Waals surface area contributed by atoms with E-state index in [0.717, 1.165) is 21.2 Å². The smallest absolute Gasteiger partial charge is 0.201 e. The third-order valence-electron chi connectivity index (χ3n) is 2.10. The van der Waals surface area contributed by atoms with Crippen LogP contribution in [0.3, 0.4) is 0 Å². The number of rotatable bonds is 4. The summed E-state index contributed by atoms with van der Waals surface area (Å²) in [5, 5.41) is 19.6. The summed E-state index contributed by atoms with van der Waals surface area (Å²) >= 11 is 2.24. The Hall–Kier alpha value is -1.62. The maximum atomic E-state index is 8.70. The molecule has 0 radical (unpaired) electrons. The van der Waals surface area contributed by atoms with Gasteiger partial charge in [-0.2, -0.15) is 10.4 Å². The number of anilines is 1. The van der Waals surface area contributed by atoms with Gasteiger partial charge in [-0.1, -0.05) is 6.92 Å². The van der Waals surface area contributed by atoms with Crippen LogP contribution in [0.5, 0.6) is 0 Å². The Labute approximate surface area is 113 Å². The lowest BCUT2D eigenvalue weighted by atomic mass is 10.1. The van der Waals surface area contributed by atoms with Gasteiger partial charge in [-0.3, -0.25) is 10.8 Å². The number of benzene rings is 1. The van der Waals surface area contributed by atoms with Crippen LogP contribution in [0, 0.1) is 20.3 Å². The Kier molecular flexibility index (Phi) is 4.90. The molecule has 0 saturated heterocycles. The Morgan fingerprint density at radius 2 is 2.35 bits per heavy atom. The Morgan fingerprint density at radius 1 is 1.65 bits per heavy atom. The number of nitrogens with two attached hydrogens (primary N) is 1. The van der Waals surface area contributed by atoms with Gasteiger partial charge in [0.25, 0.3) is 0 Å². The predicted molar refractivity (Wildman–Crippen MR) is 77.1 cm³/mol. The zero-order valence-electron chi connectivity index (χ0n) is 9.29. The summed E-state index contributed by atoms with van der Waals surface area (Å²) < 4.78 is 1.14. The van der Waals surface area contributed by atoms with Gasteiger partial charge in [0.15, 0.2) is 5.84 Å². The van der Waals surface area contributed by atoms with Crippen LogP contribution in [0.1, 0.15) is 12.5 Å². The molecule has 4 N–H and O–H groups in total. The molecule has 0 saturated carbocycles. The lowest BCUT2D eigenvalue weighted by Crippen LogP contribution is -2.22. The van der Waals surface area contributed by atoms with Crippen LogP contribution < -0.4 is 11.2 Å². The summed E-state index contributed by atoms with van der Waals surface area (Å²) in [6, 6.07) is 7.63. The second-order valence-corrected chi connectivity index (χ2v) is 4.50. The third-order valence-corrected chi connectivity index (χ3v) is 2.77. The van der Waals surface area contributed by atoms with Crippen molar-refractivity contribution in [2.24, 2.45) is 10.8 Å². The summed E-state index contributed by atoms with van der Waals surface area (Å²) in [4.78, 5) is 0. The fourth-order valence-corrected chi connectivity index (χ4v) is 1.78. The predicted octanol–water partition coefficient (Wildman–Crippen LogP) is 2.08. The molecule has 1 aromatic rings. The number of aryl methyl sites for hydroxylation is 1. The van der Waals surface area contributed by atoms with E-state index >= 15 is 0 Å². The average molecular weight is 341 g/mol. The number of nitriles is 1. The fourth-order valence-electron chi connectivity index (χ4n) is 1.23. The van der Waals surface area contributed by atoms with Crippen molar-refractivity contribution in [1.82, 2.24) is 0 Å². The molecule has 0 bridgehead atoms. The van der Waals surface area contributed by atoms with Crippen molar-refractivity contribution < 1.29 is 0 Å². The molecule has 88 valence electrons. The normalized spacial score (nSPS) is 10.8. The van der Waals surface area contributed by atoms with Crippen LogP contribution in [0.2, 0.25) is 0 Å². The van der Waals surface area contributed by atoms with Crippen LogP contribution in [-0.4, -0.2) is 11.5 Å². The van der Waals surface area contributed by atoms with Crippen LogP contribution in [0.15, 0.2) is 23.3 Å². The van der Waals surface area contributed by atoms with Crippen molar-refractivity contribution in [2.45, 2.75) is 13.3 Å². The Bertz CT molecular complexity index is 501. The molecular weight excluding hydrogens is 329 g/mol. The SMILES string of the molecule is CCc1cc(I)ccc1N/N=C(\C#N)C(=N)N. The molecule has 0 aliphatic rings. The average Bonchev–Trinajstić information content (AvgIpc) is 2.31. The summed E-state index contributed by atoms with van der Waals surface area (Å²) in [7, 11) is 0. The first-order valence-corrected chi connectivity index (χ1v) is 6.03. The number of nitrogens with zero attached hydrogens (tertiary/aromatic N) is 2.